The molecule has 3 nitrogen and oxygen atoms in total. The summed E-state index contributed by atoms with van der Waals surface area (Å²) in [5, 5.41) is 0. The van der Waals surface area contributed by atoms with Gasteiger partial charge in [-0.15, -0.1) is 0 Å². The van der Waals surface area contributed by atoms with E-state index < -0.39 is 0 Å². The van der Waals surface area contributed by atoms with Crippen molar-refractivity contribution in [1.82, 2.24) is 0 Å². The molecule has 0 radical (unpaired) electrons. The van der Waals surface area contributed by atoms with Crippen LogP contribution in [-0.2, 0) is 10.2 Å². The van der Waals surface area contributed by atoms with Crippen LogP contribution in [0.25, 0.3) is 0 Å². The predicted molar refractivity (Wildman–Crippen MR) is 73.1 cm³/mol. The first kappa shape index (κ1) is 14.5. The molecule has 0 saturated carbocycles. The molecule has 1 aromatic rings. The maximum Gasteiger partial charge on any atom is 0.234 e. The van der Waals surface area contributed by atoms with Crippen molar-refractivity contribution in [3.8, 4) is 5.75 Å². The van der Waals surface area contributed by atoms with Crippen LogP contribution in [0.2, 0.25) is 0 Å². The van der Waals surface area contributed by atoms with Gasteiger partial charge in [-0.2, -0.15) is 0 Å². The summed E-state index contributed by atoms with van der Waals surface area (Å²) >= 11 is 0. The van der Waals surface area contributed by atoms with Gasteiger partial charge in [0.05, 0.1) is 13.7 Å². The minimum atomic E-state index is -0.173. The molecule has 0 aliphatic carbocycles. The molecule has 3 heteroatoms. The van der Waals surface area contributed by atoms with Crippen molar-refractivity contribution < 1.29 is 9.53 Å². The van der Waals surface area contributed by atoms with Gasteiger partial charge in [-0.3, -0.25) is 0 Å². The number of aliphatic imine (C=N–C) groups is 1. The Kier molecular flexibility index (Phi) is 4.69. The summed E-state index contributed by atoms with van der Waals surface area (Å²) in [5.41, 5.74) is 2.16. The highest BCUT2D eigenvalue weighted by Crippen LogP contribution is 2.32. The lowest BCUT2D eigenvalue weighted by atomic mass is 9.82. The second kappa shape index (κ2) is 5.83. The maximum absolute atomic E-state index is 10.2. The van der Waals surface area contributed by atoms with E-state index in [0.29, 0.717) is 12.5 Å². The van der Waals surface area contributed by atoms with Gasteiger partial charge in [0.2, 0.25) is 6.08 Å². The Morgan fingerprint density at radius 1 is 1.39 bits per heavy atom. The predicted octanol–water partition coefficient (Wildman–Crippen LogP) is 3.43. The molecule has 0 saturated heterocycles. The zero-order valence-corrected chi connectivity index (χ0v) is 11.8. The Morgan fingerprint density at radius 3 is 2.56 bits per heavy atom. The van der Waals surface area contributed by atoms with Crippen LogP contribution in [0.3, 0.4) is 0 Å². The summed E-state index contributed by atoms with van der Waals surface area (Å²) in [6, 6.07) is 6.16. The highest BCUT2D eigenvalue weighted by molar-refractivity contribution is 5.42. The third-order valence-corrected chi connectivity index (χ3v) is 3.17. The minimum Gasteiger partial charge on any atom is -0.496 e. The molecule has 0 unspecified atom stereocenters. The number of ether oxygens (including phenoxy) is 1. The van der Waals surface area contributed by atoms with Crippen molar-refractivity contribution in [3.05, 3.63) is 29.3 Å². The molecule has 0 aliphatic rings. The van der Waals surface area contributed by atoms with Crippen LogP contribution in [0.4, 0.5) is 0 Å². The lowest BCUT2D eigenvalue weighted by Crippen LogP contribution is -2.21. The van der Waals surface area contributed by atoms with Crippen LogP contribution < -0.4 is 4.74 Å². The van der Waals surface area contributed by atoms with Gasteiger partial charge >= 0.3 is 0 Å². The standard InChI is InChI=1S/C15H21NO2/c1-11(2)13-8-12(6-7-14(13)18-5)15(3,4)9-16-10-17/h6-8,11H,9H2,1-5H3. The molecule has 18 heavy (non-hydrogen) atoms. The molecular weight excluding hydrogens is 226 g/mol. The highest BCUT2D eigenvalue weighted by atomic mass is 16.5. The number of hydrogen-bond acceptors (Lipinski definition) is 3. The summed E-state index contributed by atoms with van der Waals surface area (Å²) in [6.07, 6.45) is 1.60. The van der Waals surface area contributed by atoms with Crippen molar-refractivity contribution in [2.45, 2.75) is 39.0 Å². The zero-order valence-electron chi connectivity index (χ0n) is 11.8. The van der Waals surface area contributed by atoms with Gasteiger partial charge in [-0.1, -0.05) is 39.8 Å². The van der Waals surface area contributed by atoms with Gasteiger partial charge in [-0.25, -0.2) is 9.79 Å². The molecule has 0 spiro atoms. The van der Waals surface area contributed by atoms with Gasteiger partial charge in [0.15, 0.2) is 0 Å². The lowest BCUT2D eigenvalue weighted by Gasteiger charge is -2.24. The van der Waals surface area contributed by atoms with E-state index in [9.17, 15) is 4.79 Å². The Bertz CT molecular complexity index is 458. The van der Waals surface area contributed by atoms with E-state index >= 15 is 0 Å². The molecule has 0 amide bonds. The topological polar surface area (TPSA) is 38.7 Å². The van der Waals surface area contributed by atoms with Crippen LogP contribution in [0.5, 0.6) is 5.75 Å². The number of hydrogen-bond donors (Lipinski definition) is 0. The Labute approximate surface area is 109 Å². The second-order valence-corrected chi connectivity index (χ2v) is 5.40. The summed E-state index contributed by atoms with van der Waals surface area (Å²) in [5.74, 6) is 1.30. The summed E-state index contributed by atoms with van der Waals surface area (Å²) in [6.45, 7) is 8.86. The molecule has 0 heterocycles. The van der Waals surface area contributed by atoms with Crippen LogP contribution in [0.15, 0.2) is 23.2 Å². The Hall–Kier alpha value is -1.60. The van der Waals surface area contributed by atoms with E-state index in [4.69, 9.17) is 4.74 Å². The molecule has 0 N–H and O–H groups in total. The largest absolute Gasteiger partial charge is 0.496 e. The van der Waals surface area contributed by atoms with Gasteiger partial charge < -0.3 is 4.74 Å². The monoisotopic (exact) mass is 247 g/mol. The van der Waals surface area contributed by atoms with Gasteiger partial charge in [0.1, 0.15) is 5.75 Å². The zero-order chi connectivity index (χ0) is 13.8. The Balaban J connectivity index is 3.18. The fraction of sp³-hybridized carbons (Fsp3) is 0.533. The third kappa shape index (κ3) is 3.21. The van der Waals surface area contributed by atoms with Crippen molar-refractivity contribution in [2.75, 3.05) is 13.7 Å². The van der Waals surface area contributed by atoms with Crippen LogP contribution >= 0.6 is 0 Å². The van der Waals surface area contributed by atoms with Crippen LogP contribution in [0, 0.1) is 0 Å². The lowest BCUT2D eigenvalue weighted by molar-refractivity contribution is 0.406. The molecule has 0 atom stereocenters. The number of benzene rings is 1. The third-order valence-electron chi connectivity index (χ3n) is 3.17. The van der Waals surface area contributed by atoms with Crippen molar-refractivity contribution in [2.24, 2.45) is 4.99 Å². The maximum atomic E-state index is 10.2. The summed E-state index contributed by atoms with van der Waals surface area (Å²) < 4.78 is 5.37. The van der Waals surface area contributed by atoms with Crippen molar-refractivity contribution in [3.63, 3.8) is 0 Å². The molecule has 0 fully saturated rings. The number of rotatable bonds is 5. The normalized spacial score (nSPS) is 11.2. The van der Waals surface area contributed by atoms with Gasteiger partial charge in [0, 0.05) is 5.41 Å². The molecule has 1 rings (SSSR count). The van der Waals surface area contributed by atoms with Gasteiger partial charge in [-0.05, 0) is 23.1 Å². The fourth-order valence-electron chi connectivity index (χ4n) is 1.93. The molecule has 0 aliphatic heterocycles. The first-order chi connectivity index (χ1) is 8.42. The average molecular weight is 247 g/mol. The fourth-order valence-corrected chi connectivity index (χ4v) is 1.93. The molecule has 0 aromatic heterocycles. The molecule has 0 bridgehead atoms. The van der Waals surface area contributed by atoms with Crippen molar-refractivity contribution >= 4 is 6.08 Å². The van der Waals surface area contributed by atoms with Gasteiger partial charge in [0.25, 0.3) is 0 Å². The number of methoxy groups -OCH3 is 1. The smallest absolute Gasteiger partial charge is 0.234 e. The van der Waals surface area contributed by atoms with E-state index in [1.165, 1.54) is 5.56 Å². The van der Waals surface area contributed by atoms with E-state index in [0.717, 1.165) is 11.3 Å². The molecular formula is C15H21NO2. The van der Waals surface area contributed by atoms with Crippen molar-refractivity contribution in [1.29, 1.82) is 0 Å². The number of nitrogens with zero attached hydrogens (tertiary/aromatic N) is 1. The highest BCUT2D eigenvalue weighted by Gasteiger charge is 2.22. The number of carbonyl (C=O) groups excluding carboxylic acids is 1. The van der Waals surface area contributed by atoms with Crippen LogP contribution in [-0.4, -0.2) is 19.7 Å². The second-order valence-electron chi connectivity index (χ2n) is 5.40. The Morgan fingerprint density at radius 2 is 2.06 bits per heavy atom. The first-order valence-corrected chi connectivity index (χ1v) is 6.14. The molecule has 1 aromatic carbocycles. The van der Waals surface area contributed by atoms with E-state index in [-0.39, 0.29) is 5.41 Å². The van der Waals surface area contributed by atoms with E-state index in [1.807, 2.05) is 12.1 Å². The summed E-state index contributed by atoms with van der Waals surface area (Å²) in [4.78, 5) is 13.9. The minimum absolute atomic E-state index is 0.173. The molecule has 98 valence electrons. The quantitative estimate of drug-likeness (QED) is 0.590. The number of isocyanates is 1. The van der Waals surface area contributed by atoms with E-state index in [1.54, 1.807) is 13.2 Å². The van der Waals surface area contributed by atoms with E-state index in [2.05, 4.69) is 38.8 Å². The summed E-state index contributed by atoms with van der Waals surface area (Å²) in [7, 11) is 1.68. The average Bonchev–Trinajstić information content (AvgIpc) is 2.35. The first-order valence-electron chi connectivity index (χ1n) is 6.14. The van der Waals surface area contributed by atoms with Crippen LogP contribution in [0.1, 0.15) is 44.7 Å². The SMILES string of the molecule is COc1ccc(C(C)(C)CN=C=O)cc1C(C)C.